The zero-order valence-electron chi connectivity index (χ0n) is 16.1. The first kappa shape index (κ1) is 18.6. The third kappa shape index (κ3) is 3.83. The molecule has 0 saturated carbocycles. The van der Waals surface area contributed by atoms with Gasteiger partial charge in [0.25, 0.3) is 0 Å². The molecular weight excluding hydrogens is 328 g/mol. The summed E-state index contributed by atoms with van der Waals surface area (Å²) in [5.41, 5.74) is 4.93. The van der Waals surface area contributed by atoms with E-state index in [2.05, 4.69) is 23.0 Å². The lowest BCUT2D eigenvalue weighted by Crippen LogP contribution is -2.23. The second-order valence-electron chi connectivity index (χ2n) is 7.44. The zero-order chi connectivity index (χ0) is 18.8. The minimum atomic E-state index is -0.563. The Kier molecular flexibility index (Phi) is 5.47. The summed E-state index contributed by atoms with van der Waals surface area (Å²) in [6.07, 6.45) is 0.460. The van der Waals surface area contributed by atoms with Crippen LogP contribution in [0.15, 0.2) is 12.1 Å². The van der Waals surface area contributed by atoms with Crippen molar-refractivity contribution in [3.05, 3.63) is 40.5 Å². The van der Waals surface area contributed by atoms with Gasteiger partial charge in [-0.05, 0) is 45.1 Å². The van der Waals surface area contributed by atoms with Crippen LogP contribution in [0.5, 0.6) is 0 Å². The number of hydrogen-bond acceptors (Lipinski definition) is 5. The average molecular weight is 356 g/mol. The number of nitrogens with zero attached hydrogens (tertiary/aromatic N) is 6. The molecule has 7 heteroatoms. The van der Waals surface area contributed by atoms with E-state index in [9.17, 15) is 10.4 Å². The number of aryl methyl sites for hydroxylation is 1. The van der Waals surface area contributed by atoms with Gasteiger partial charge >= 0.3 is 0 Å². The van der Waals surface area contributed by atoms with Crippen LogP contribution in [0, 0.1) is 18.3 Å². The molecule has 0 aliphatic carbocycles. The normalized spacial score (nSPS) is 16.3. The van der Waals surface area contributed by atoms with Gasteiger partial charge in [0.15, 0.2) is 0 Å². The highest BCUT2D eigenvalue weighted by molar-refractivity contribution is 5.34. The lowest BCUT2D eigenvalue weighted by atomic mass is 10.2. The first-order valence-corrected chi connectivity index (χ1v) is 9.06. The van der Waals surface area contributed by atoms with Crippen molar-refractivity contribution in [3.63, 3.8) is 0 Å². The van der Waals surface area contributed by atoms with Gasteiger partial charge in [0, 0.05) is 45.5 Å². The second-order valence-corrected chi connectivity index (χ2v) is 7.44. The topological polar surface area (TPSA) is 73.2 Å². The van der Waals surface area contributed by atoms with Crippen LogP contribution in [0.25, 0.3) is 0 Å². The van der Waals surface area contributed by atoms with Gasteiger partial charge in [-0.15, -0.1) is 0 Å². The van der Waals surface area contributed by atoms with Gasteiger partial charge in [-0.2, -0.15) is 10.4 Å². The van der Waals surface area contributed by atoms with Crippen LogP contribution in [-0.4, -0.2) is 56.4 Å². The van der Waals surface area contributed by atoms with Crippen LogP contribution in [0.1, 0.15) is 40.9 Å². The van der Waals surface area contributed by atoms with E-state index in [1.165, 1.54) is 5.56 Å². The Morgan fingerprint density at radius 2 is 2.12 bits per heavy atom. The standard InChI is InChI=1S/C19H28N6O/c1-14-15(8-16(10-20)23(14)4)11-24-6-5-7-25-17(12-24)9-18(21-25)19(26)13-22(2)3/h8-9,19,26H,5-7,11-13H2,1-4H3/t19-/m1/s1. The van der Waals surface area contributed by atoms with Crippen LogP contribution in [0.2, 0.25) is 0 Å². The van der Waals surface area contributed by atoms with Crippen LogP contribution < -0.4 is 0 Å². The number of aliphatic hydroxyl groups is 1. The van der Waals surface area contributed by atoms with E-state index in [1.807, 2.05) is 47.4 Å². The Morgan fingerprint density at radius 1 is 1.35 bits per heavy atom. The fraction of sp³-hybridized carbons (Fsp3) is 0.579. The Morgan fingerprint density at radius 3 is 2.77 bits per heavy atom. The maximum atomic E-state index is 10.3. The minimum Gasteiger partial charge on any atom is -0.385 e. The molecule has 26 heavy (non-hydrogen) atoms. The van der Waals surface area contributed by atoms with E-state index >= 15 is 0 Å². The van der Waals surface area contributed by atoms with Gasteiger partial charge in [0.2, 0.25) is 0 Å². The van der Waals surface area contributed by atoms with Crippen LogP contribution in [-0.2, 0) is 26.7 Å². The highest BCUT2D eigenvalue weighted by Crippen LogP contribution is 2.22. The molecule has 1 aliphatic rings. The van der Waals surface area contributed by atoms with Crippen LogP contribution in [0.3, 0.4) is 0 Å². The number of hydrogen-bond donors (Lipinski definition) is 1. The average Bonchev–Trinajstić information content (AvgIpc) is 3.03. The molecule has 0 aromatic carbocycles. The van der Waals surface area contributed by atoms with Crippen LogP contribution in [0.4, 0.5) is 0 Å². The molecule has 0 radical (unpaired) electrons. The highest BCUT2D eigenvalue weighted by Gasteiger charge is 2.21. The molecule has 0 bridgehead atoms. The smallest absolute Gasteiger partial charge is 0.120 e. The molecule has 1 N–H and O–H groups in total. The Bertz CT molecular complexity index is 813. The fourth-order valence-electron chi connectivity index (χ4n) is 3.56. The number of nitriles is 1. The highest BCUT2D eigenvalue weighted by atomic mass is 16.3. The van der Waals surface area contributed by atoms with E-state index in [1.54, 1.807) is 0 Å². The van der Waals surface area contributed by atoms with E-state index in [4.69, 9.17) is 0 Å². The summed E-state index contributed by atoms with van der Waals surface area (Å²) in [7, 11) is 5.83. The number of likely N-dealkylation sites (N-methyl/N-ethyl adjacent to an activating group) is 1. The zero-order valence-corrected chi connectivity index (χ0v) is 16.1. The largest absolute Gasteiger partial charge is 0.385 e. The molecule has 0 saturated heterocycles. The van der Waals surface area contributed by atoms with Crippen molar-refractivity contribution in [2.75, 3.05) is 27.2 Å². The van der Waals surface area contributed by atoms with E-state index in [0.29, 0.717) is 12.2 Å². The SMILES string of the molecule is Cc1c(CN2CCCn3nc([C@H](O)CN(C)C)cc3C2)cc(C#N)n1C. The van der Waals surface area contributed by atoms with Gasteiger partial charge in [-0.25, -0.2) is 0 Å². The molecule has 3 heterocycles. The summed E-state index contributed by atoms with van der Waals surface area (Å²) < 4.78 is 3.99. The molecule has 2 aromatic heterocycles. The summed E-state index contributed by atoms with van der Waals surface area (Å²) in [6, 6.07) is 6.27. The monoisotopic (exact) mass is 356 g/mol. The lowest BCUT2D eigenvalue weighted by molar-refractivity contribution is 0.133. The minimum absolute atomic E-state index is 0.563. The first-order valence-electron chi connectivity index (χ1n) is 9.06. The third-order valence-electron chi connectivity index (χ3n) is 5.14. The molecule has 0 amide bonds. The van der Waals surface area contributed by atoms with Gasteiger partial charge in [-0.3, -0.25) is 9.58 Å². The van der Waals surface area contributed by atoms with Crippen molar-refractivity contribution in [1.82, 2.24) is 24.1 Å². The van der Waals surface area contributed by atoms with Gasteiger partial charge in [-0.1, -0.05) is 0 Å². The van der Waals surface area contributed by atoms with Crippen molar-refractivity contribution in [1.29, 1.82) is 5.26 Å². The molecule has 0 unspecified atom stereocenters. The summed E-state index contributed by atoms with van der Waals surface area (Å²) in [6.45, 7) is 6.13. The molecule has 1 atom stereocenters. The molecule has 3 rings (SSSR count). The summed E-state index contributed by atoms with van der Waals surface area (Å²) >= 11 is 0. The Balaban J connectivity index is 1.75. The number of rotatable bonds is 5. The molecule has 0 spiro atoms. The molecular formula is C19H28N6O. The van der Waals surface area contributed by atoms with Crippen molar-refractivity contribution in [3.8, 4) is 6.07 Å². The predicted molar refractivity (Wildman–Crippen MR) is 99.3 cm³/mol. The van der Waals surface area contributed by atoms with E-state index < -0.39 is 6.10 Å². The number of aliphatic hydroxyl groups excluding tert-OH is 1. The van der Waals surface area contributed by atoms with Gasteiger partial charge < -0.3 is 14.6 Å². The van der Waals surface area contributed by atoms with Crippen LogP contribution >= 0.6 is 0 Å². The Hall–Kier alpha value is -2.14. The van der Waals surface area contributed by atoms with E-state index in [-0.39, 0.29) is 0 Å². The maximum Gasteiger partial charge on any atom is 0.120 e. The summed E-state index contributed by atoms with van der Waals surface area (Å²) in [5.74, 6) is 0. The van der Waals surface area contributed by atoms with Gasteiger partial charge in [0.05, 0.1) is 11.4 Å². The molecule has 2 aromatic rings. The van der Waals surface area contributed by atoms with E-state index in [0.717, 1.165) is 49.7 Å². The molecule has 140 valence electrons. The number of aromatic nitrogens is 3. The van der Waals surface area contributed by atoms with Crippen molar-refractivity contribution < 1.29 is 5.11 Å². The van der Waals surface area contributed by atoms with Crippen molar-refractivity contribution in [2.45, 2.75) is 39.1 Å². The summed E-state index contributed by atoms with van der Waals surface area (Å²) in [4.78, 5) is 4.36. The first-order chi connectivity index (χ1) is 12.4. The quantitative estimate of drug-likeness (QED) is 0.877. The van der Waals surface area contributed by atoms with Gasteiger partial charge in [0.1, 0.15) is 17.9 Å². The molecule has 1 aliphatic heterocycles. The fourth-order valence-corrected chi connectivity index (χ4v) is 3.56. The predicted octanol–water partition coefficient (Wildman–Crippen LogP) is 1.40. The third-order valence-corrected chi connectivity index (χ3v) is 5.14. The summed E-state index contributed by atoms with van der Waals surface area (Å²) in [5, 5.41) is 24.2. The van der Waals surface area contributed by atoms with Crippen molar-refractivity contribution in [2.24, 2.45) is 7.05 Å². The molecule has 7 nitrogen and oxygen atoms in total. The number of fused-ring (bicyclic) bond motifs is 1. The lowest BCUT2D eigenvalue weighted by Gasteiger charge is -2.19. The molecule has 0 fully saturated rings. The maximum absolute atomic E-state index is 10.3. The Labute approximate surface area is 155 Å². The second kappa shape index (κ2) is 7.62. The van der Waals surface area contributed by atoms with Crippen molar-refractivity contribution >= 4 is 0 Å².